The number of hydrogen-bond donors (Lipinski definition) is 1. The molecule has 0 bridgehead atoms. The van der Waals surface area contributed by atoms with Crippen LogP contribution >= 0.6 is 0 Å². The third-order valence-corrected chi connectivity index (χ3v) is 4.83. The molecule has 0 atom stereocenters. The number of nitrogens with one attached hydrogen (secondary N) is 1. The van der Waals surface area contributed by atoms with Gasteiger partial charge in [0.15, 0.2) is 0 Å². The summed E-state index contributed by atoms with van der Waals surface area (Å²) in [4.78, 5) is 28.8. The Balaban J connectivity index is 2.08. The zero-order valence-electron chi connectivity index (χ0n) is 16.4. The highest BCUT2D eigenvalue weighted by Crippen LogP contribution is 2.38. The van der Waals surface area contributed by atoms with Gasteiger partial charge in [0, 0.05) is 5.69 Å². The third kappa shape index (κ3) is 4.07. The number of rotatable bonds is 5. The Bertz CT molecular complexity index is 904. The number of carbonyl (C=O) groups is 2. The first-order chi connectivity index (χ1) is 13.6. The maximum absolute atomic E-state index is 13.3. The van der Waals surface area contributed by atoms with Crippen LogP contribution in [0, 0.1) is 0 Å². The van der Waals surface area contributed by atoms with E-state index >= 15 is 0 Å². The van der Waals surface area contributed by atoms with E-state index in [1.807, 2.05) is 56.3 Å². The van der Waals surface area contributed by atoms with Crippen molar-refractivity contribution in [1.29, 1.82) is 0 Å². The summed E-state index contributed by atoms with van der Waals surface area (Å²) in [5.41, 5.74) is 3.99. The summed E-state index contributed by atoms with van der Waals surface area (Å²) in [5, 5.41) is 2.68. The molecule has 0 fully saturated rings. The van der Waals surface area contributed by atoms with Crippen molar-refractivity contribution >= 4 is 41.2 Å². The normalized spacial score (nSPS) is 12.2. The fourth-order valence-electron chi connectivity index (χ4n) is 3.24. The fraction of sp³-hybridized carbons (Fsp3) is 0.273. The lowest BCUT2D eigenvalue weighted by molar-refractivity contribution is -0.119. The summed E-state index contributed by atoms with van der Waals surface area (Å²) >= 11 is 0. The Labute approximate surface area is 165 Å². The molecule has 146 valence electrons. The molecule has 6 nitrogen and oxygen atoms in total. The molecule has 0 radical (unpaired) electrons. The number of anilines is 3. The Morgan fingerprint density at radius 3 is 2.36 bits per heavy atom. The predicted octanol–water partition coefficient (Wildman–Crippen LogP) is 4.36. The van der Waals surface area contributed by atoms with Crippen molar-refractivity contribution in [3.63, 3.8) is 0 Å². The van der Waals surface area contributed by atoms with Crippen LogP contribution in [0.1, 0.15) is 25.0 Å². The van der Waals surface area contributed by atoms with Crippen LogP contribution in [-0.2, 0) is 9.53 Å². The van der Waals surface area contributed by atoms with Gasteiger partial charge in [0.2, 0.25) is 5.91 Å². The highest BCUT2D eigenvalue weighted by molar-refractivity contribution is 6.07. The maximum atomic E-state index is 13.3. The van der Waals surface area contributed by atoms with Crippen LogP contribution < -0.4 is 10.2 Å². The number of fused-ring (bicyclic) bond motifs is 2. The van der Waals surface area contributed by atoms with Crippen molar-refractivity contribution < 1.29 is 14.3 Å². The molecule has 28 heavy (non-hydrogen) atoms. The van der Waals surface area contributed by atoms with E-state index in [4.69, 9.17) is 0 Å². The lowest BCUT2D eigenvalue weighted by Gasteiger charge is -2.28. The van der Waals surface area contributed by atoms with Gasteiger partial charge < -0.3 is 4.74 Å². The van der Waals surface area contributed by atoms with Crippen molar-refractivity contribution in [2.45, 2.75) is 13.8 Å². The molecule has 1 heterocycles. The van der Waals surface area contributed by atoms with Crippen molar-refractivity contribution in [2.24, 2.45) is 0 Å². The lowest BCUT2D eigenvalue weighted by Crippen LogP contribution is -2.38. The predicted molar refractivity (Wildman–Crippen MR) is 113 cm³/mol. The average Bonchev–Trinajstić information content (AvgIpc) is 2.88. The molecule has 0 saturated heterocycles. The first-order valence-electron chi connectivity index (χ1n) is 9.38. The number of likely N-dealkylation sites (N-methyl/N-ethyl adjacent to an activating group) is 1. The molecule has 1 N–H and O–H groups in total. The second-order valence-electron chi connectivity index (χ2n) is 6.47. The second kappa shape index (κ2) is 8.71. The number of carbonyl (C=O) groups excluding carboxylic acids is 2. The van der Waals surface area contributed by atoms with Crippen LogP contribution in [0.15, 0.2) is 42.5 Å². The molecule has 2 amide bonds. The van der Waals surface area contributed by atoms with Gasteiger partial charge in [0.05, 0.1) is 25.0 Å². The number of hydrogen-bond acceptors (Lipinski definition) is 4. The van der Waals surface area contributed by atoms with Crippen molar-refractivity contribution in [2.75, 3.05) is 37.0 Å². The maximum Gasteiger partial charge on any atom is 0.411 e. The standard InChI is InChI=1S/C22H25N3O3/c1-4-24(5-2)15-21(26)25-19-9-7-6-8-16(19)10-11-17-12-13-18(14-20(17)25)23-22(27)28-3/h6-14H,4-5,15H2,1-3H3,(H,23,27). The monoisotopic (exact) mass is 379 g/mol. The molecule has 0 aromatic heterocycles. The van der Waals surface area contributed by atoms with Gasteiger partial charge in [-0.3, -0.25) is 19.9 Å². The molecule has 6 heteroatoms. The van der Waals surface area contributed by atoms with Gasteiger partial charge in [-0.05, 0) is 42.4 Å². The van der Waals surface area contributed by atoms with Crippen LogP contribution in [-0.4, -0.2) is 43.6 Å². The highest BCUT2D eigenvalue weighted by Gasteiger charge is 2.25. The minimum absolute atomic E-state index is 0.0173. The number of ether oxygens (including phenoxy) is 1. The summed E-state index contributed by atoms with van der Waals surface area (Å²) in [6, 6.07) is 13.3. The van der Waals surface area contributed by atoms with E-state index in [1.165, 1.54) is 7.11 Å². The molecule has 0 spiro atoms. The fourth-order valence-corrected chi connectivity index (χ4v) is 3.24. The van der Waals surface area contributed by atoms with E-state index in [9.17, 15) is 9.59 Å². The number of methoxy groups -OCH3 is 1. The zero-order valence-corrected chi connectivity index (χ0v) is 16.4. The molecule has 0 aliphatic carbocycles. The minimum atomic E-state index is -0.550. The van der Waals surface area contributed by atoms with E-state index in [0.29, 0.717) is 12.2 Å². The van der Waals surface area contributed by atoms with Crippen LogP contribution in [0.2, 0.25) is 0 Å². The van der Waals surface area contributed by atoms with Gasteiger partial charge in [-0.2, -0.15) is 0 Å². The van der Waals surface area contributed by atoms with E-state index in [-0.39, 0.29) is 5.91 Å². The topological polar surface area (TPSA) is 61.9 Å². The quantitative estimate of drug-likeness (QED) is 0.839. The van der Waals surface area contributed by atoms with E-state index < -0.39 is 6.09 Å². The lowest BCUT2D eigenvalue weighted by atomic mass is 10.1. The molecular weight excluding hydrogens is 354 g/mol. The molecule has 3 rings (SSSR count). The molecule has 2 aromatic carbocycles. The Hall–Kier alpha value is -3.12. The van der Waals surface area contributed by atoms with Crippen molar-refractivity contribution in [3.05, 3.63) is 53.6 Å². The molecule has 2 aromatic rings. The Kier molecular flexibility index (Phi) is 6.11. The molecule has 1 aliphatic rings. The van der Waals surface area contributed by atoms with Gasteiger partial charge in [0.1, 0.15) is 0 Å². The molecule has 0 saturated carbocycles. The van der Waals surface area contributed by atoms with E-state index in [2.05, 4.69) is 15.0 Å². The van der Waals surface area contributed by atoms with Gasteiger partial charge in [-0.15, -0.1) is 0 Å². The van der Waals surface area contributed by atoms with Gasteiger partial charge in [0.25, 0.3) is 0 Å². The van der Waals surface area contributed by atoms with Crippen LogP contribution in [0.25, 0.3) is 12.2 Å². The molecule has 0 unspecified atom stereocenters. The Morgan fingerprint density at radius 2 is 1.68 bits per heavy atom. The van der Waals surface area contributed by atoms with Crippen LogP contribution in [0.4, 0.5) is 21.9 Å². The molecular formula is C22H25N3O3. The van der Waals surface area contributed by atoms with Gasteiger partial charge >= 0.3 is 6.09 Å². The van der Waals surface area contributed by atoms with Gasteiger partial charge in [-0.25, -0.2) is 4.79 Å². The smallest absolute Gasteiger partial charge is 0.411 e. The summed E-state index contributed by atoms with van der Waals surface area (Å²) < 4.78 is 4.68. The SMILES string of the molecule is CCN(CC)CC(=O)N1c2ccccc2C=Cc2ccc(NC(=O)OC)cc21. The third-order valence-electron chi connectivity index (χ3n) is 4.83. The largest absolute Gasteiger partial charge is 0.453 e. The minimum Gasteiger partial charge on any atom is -0.453 e. The number of amides is 2. The number of benzene rings is 2. The first kappa shape index (κ1) is 19.6. The first-order valence-corrected chi connectivity index (χ1v) is 9.38. The average molecular weight is 379 g/mol. The summed E-state index contributed by atoms with van der Waals surface area (Å²) in [5.74, 6) is -0.0173. The van der Waals surface area contributed by atoms with Crippen molar-refractivity contribution in [3.8, 4) is 0 Å². The second-order valence-corrected chi connectivity index (χ2v) is 6.47. The van der Waals surface area contributed by atoms with E-state index in [0.717, 1.165) is 35.6 Å². The zero-order chi connectivity index (χ0) is 20.1. The molecule has 1 aliphatic heterocycles. The van der Waals surface area contributed by atoms with Crippen molar-refractivity contribution in [1.82, 2.24) is 4.90 Å². The van der Waals surface area contributed by atoms with Crippen LogP contribution in [0.3, 0.4) is 0 Å². The number of para-hydroxylation sites is 1. The summed E-state index contributed by atoms with van der Waals surface area (Å²) in [6.45, 7) is 6.00. The summed E-state index contributed by atoms with van der Waals surface area (Å²) in [6.07, 6.45) is 3.44. The Morgan fingerprint density at radius 1 is 1.00 bits per heavy atom. The summed E-state index contributed by atoms with van der Waals surface area (Å²) in [7, 11) is 1.32. The van der Waals surface area contributed by atoms with E-state index in [1.54, 1.807) is 17.0 Å². The number of nitrogens with zero attached hydrogens (tertiary/aromatic N) is 2. The highest BCUT2D eigenvalue weighted by atomic mass is 16.5. The van der Waals surface area contributed by atoms with Gasteiger partial charge in [-0.1, -0.05) is 50.3 Å². The van der Waals surface area contributed by atoms with Crippen LogP contribution in [0.5, 0.6) is 0 Å².